The predicted octanol–water partition coefficient (Wildman–Crippen LogP) is 2.62. The number of rotatable bonds is 7. The van der Waals surface area contributed by atoms with Crippen LogP contribution in [0.4, 0.5) is 0 Å². The van der Waals surface area contributed by atoms with Gasteiger partial charge in [-0.15, -0.1) is 10.2 Å². The van der Waals surface area contributed by atoms with Crippen molar-refractivity contribution in [2.45, 2.75) is 33.4 Å². The van der Waals surface area contributed by atoms with E-state index >= 15 is 0 Å². The number of hydrogen-bond acceptors (Lipinski definition) is 5. The zero-order valence-electron chi connectivity index (χ0n) is 16.3. The molecular formula is C20H25N5O2. The van der Waals surface area contributed by atoms with Crippen molar-refractivity contribution in [2.75, 3.05) is 20.8 Å². The van der Waals surface area contributed by atoms with E-state index in [-0.39, 0.29) is 5.91 Å². The van der Waals surface area contributed by atoms with Gasteiger partial charge >= 0.3 is 0 Å². The van der Waals surface area contributed by atoms with E-state index in [1.54, 1.807) is 25.4 Å². The van der Waals surface area contributed by atoms with Crippen molar-refractivity contribution in [3.63, 3.8) is 0 Å². The van der Waals surface area contributed by atoms with Crippen LogP contribution >= 0.6 is 0 Å². The Labute approximate surface area is 159 Å². The van der Waals surface area contributed by atoms with Crippen molar-refractivity contribution in [1.29, 1.82) is 0 Å². The van der Waals surface area contributed by atoms with Crippen molar-refractivity contribution in [3.8, 4) is 0 Å². The van der Waals surface area contributed by atoms with Gasteiger partial charge in [0, 0.05) is 31.8 Å². The summed E-state index contributed by atoms with van der Waals surface area (Å²) in [4.78, 5) is 19.4. The molecule has 0 saturated carbocycles. The minimum atomic E-state index is -0.0555. The summed E-state index contributed by atoms with van der Waals surface area (Å²) in [5.74, 6) is 0.673. The Morgan fingerprint density at radius 3 is 2.85 bits per heavy atom. The van der Waals surface area contributed by atoms with Crippen molar-refractivity contribution in [2.24, 2.45) is 0 Å². The molecule has 0 bridgehead atoms. The van der Waals surface area contributed by atoms with Gasteiger partial charge in [0.25, 0.3) is 5.91 Å². The molecule has 0 N–H and O–H groups in total. The number of ether oxygens (including phenoxy) is 1. The average molecular weight is 367 g/mol. The van der Waals surface area contributed by atoms with E-state index in [0.29, 0.717) is 25.3 Å². The lowest BCUT2D eigenvalue weighted by Gasteiger charge is -2.19. The number of nitrogens with zero attached hydrogens (tertiary/aromatic N) is 5. The highest BCUT2D eigenvalue weighted by Crippen LogP contribution is 2.22. The highest BCUT2D eigenvalue weighted by Gasteiger charge is 2.18. The van der Waals surface area contributed by atoms with Crippen molar-refractivity contribution >= 4 is 16.8 Å². The van der Waals surface area contributed by atoms with Gasteiger partial charge in [0.2, 0.25) is 0 Å². The maximum Gasteiger partial charge on any atom is 0.254 e. The topological polar surface area (TPSA) is 73.1 Å². The first-order valence-corrected chi connectivity index (χ1v) is 9.04. The van der Waals surface area contributed by atoms with Crippen LogP contribution in [-0.2, 0) is 24.2 Å². The molecule has 3 aromatic rings. The molecule has 0 atom stereocenters. The lowest BCUT2D eigenvalue weighted by atomic mass is 10.0. The molecule has 1 amide bonds. The summed E-state index contributed by atoms with van der Waals surface area (Å²) in [6.07, 6.45) is 2.57. The van der Waals surface area contributed by atoms with Gasteiger partial charge in [0.05, 0.1) is 24.2 Å². The second-order valence-corrected chi connectivity index (χ2v) is 6.61. The molecular weight excluding hydrogens is 342 g/mol. The van der Waals surface area contributed by atoms with E-state index in [0.717, 1.165) is 28.8 Å². The van der Waals surface area contributed by atoms with Crippen LogP contribution in [0, 0.1) is 6.92 Å². The first kappa shape index (κ1) is 19.0. The lowest BCUT2D eigenvalue weighted by molar-refractivity contribution is 0.0781. The predicted molar refractivity (Wildman–Crippen MR) is 104 cm³/mol. The van der Waals surface area contributed by atoms with Gasteiger partial charge in [-0.2, -0.15) is 0 Å². The number of pyridine rings is 1. The van der Waals surface area contributed by atoms with Gasteiger partial charge in [-0.25, -0.2) is 0 Å². The maximum absolute atomic E-state index is 13.2. The number of methoxy groups -OCH3 is 1. The third-order valence-electron chi connectivity index (χ3n) is 4.60. The van der Waals surface area contributed by atoms with Gasteiger partial charge in [-0.3, -0.25) is 9.78 Å². The molecule has 142 valence electrons. The Kier molecular flexibility index (Phi) is 5.81. The highest BCUT2D eigenvalue weighted by atomic mass is 16.5. The first-order valence-electron chi connectivity index (χ1n) is 9.04. The summed E-state index contributed by atoms with van der Waals surface area (Å²) >= 11 is 0. The summed E-state index contributed by atoms with van der Waals surface area (Å²) in [6.45, 7) is 5.60. The van der Waals surface area contributed by atoms with Crippen LogP contribution in [0.5, 0.6) is 0 Å². The summed E-state index contributed by atoms with van der Waals surface area (Å²) in [7, 11) is 3.43. The molecule has 7 nitrogen and oxygen atoms in total. The number of fused-ring (bicyclic) bond motifs is 1. The highest BCUT2D eigenvalue weighted by molar-refractivity contribution is 6.06. The monoisotopic (exact) mass is 367 g/mol. The van der Waals surface area contributed by atoms with E-state index in [1.165, 1.54) is 5.56 Å². The number of hydrogen-bond donors (Lipinski definition) is 0. The lowest BCUT2D eigenvalue weighted by Crippen LogP contribution is -2.28. The van der Waals surface area contributed by atoms with E-state index < -0.39 is 0 Å². The maximum atomic E-state index is 13.2. The Morgan fingerprint density at radius 2 is 2.11 bits per heavy atom. The zero-order valence-corrected chi connectivity index (χ0v) is 16.3. The van der Waals surface area contributed by atoms with E-state index in [9.17, 15) is 4.79 Å². The molecule has 27 heavy (non-hydrogen) atoms. The Bertz CT molecular complexity index is 951. The first-order chi connectivity index (χ1) is 13.0. The number of benzene rings is 1. The fourth-order valence-electron chi connectivity index (χ4n) is 3.07. The Balaban J connectivity index is 1.90. The standard InChI is InChI=1S/C20H25N5O2/c1-5-15-6-7-18-16(11-15)17(10-14(2)22-18)20(26)24(3)12-19-23-21-13-25(19)8-9-27-4/h6-7,10-11,13H,5,8-9,12H2,1-4H3. The molecule has 0 aliphatic heterocycles. The molecule has 0 aliphatic carbocycles. The number of carbonyl (C=O) groups excluding carboxylic acids is 1. The van der Waals surface area contributed by atoms with Crippen LogP contribution in [-0.4, -0.2) is 51.3 Å². The smallest absolute Gasteiger partial charge is 0.254 e. The van der Waals surface area contributed by atoms with Crippen LogP contribution in [0.2, 0.25) is 0 Å². The number of carbonyl (C=O) groups is 1. The van der Waals surface area contributed by atoms with E-state index in [1.807, 2.05) is 23.6 Å². The second-order valence-electron chi connectivity index (χ2n) is 6.61. The number of aryl methyl sites for hydroxylation is 2. The van der Waals surface area contributed by atoms with Crippen LogP contribution in [0.1, 0.15) is 34.4 Å². The van der Waals surface area contributed by atoms with E-state index in [2.05, 4.69) is 34.2 Å². The quantitative estimate of drug-likeness (QED) is 0.642. The third-order valence-corrected chi connectivity index (χ3v) is 4.60. The summed E-state index contributed by atoms with van der Waals surface area (Å²) in [5.41, 5.74) is 3.52. The molecule has 0 saturated heterocycles. The molecule has 2 aromatic heterocycles. The number of aromatic nitrogens is 4. The van der Waals surface area contributed by atoms with Gasteiger partial charge in [0.1, 0.15) is 6.33 Å². The van der Waals surface area contributed by atoms with Gasteiger partial charge in [0.15, 0.2) is 5.82 Å². The SMILES string of the molecule is CCc1ccc2nc(C)cc(C(=O)N(C)Cc3nncn3CCOC)c2c1. The van der Waals surface area contributed by atoms with Crippen LogP contribution in [0.15, 0.2) is 30.6 Å². The molecule has 1 aromatic carbocycles. The van der Waals surface area contributed by atoms with Gasteiger partial charge < -0.3 is 14.2 Å². The Morgan fingerprint density at radius 1 is 1.30 bits per heavy atom. The molecule has 0 spiro atoms. The largest absolute Gasteiger partial charge is 0.383 e. The summed E-state index contributed by atoms with van der Waals surface area (Å²) < 4.78 is 7.01. The van der Waals surface area contributed by atoms with E-state index in [4.69, 9.17) is 4.74 Å². The van der Waals surface area contributed by atoms with Crippen molar-refractivity contribution < 1.29 is 9.53 Å². The second kappa shape index (κ2) is 8.26. The van der Waals surface area contributed by atoms with Crippen LogP contribution in [0.3, 0.4) is 0 Å². The number of amides is 1. The fraction of sp³-hybridized carbons (Fsp3) is 0.400. The molecule has 0 radical (unpaired) electrons. The van der Waals surface area contributed by atoms with Gasteiger partial charge in [-0.05, 0) is 37.1 Å². The molecule has 0 unspecified atom stereocenters. The molecule has 2 heterocycles. The fourth-order valence-corrected chi connectivity index (χ4v) is 3.07. The third kappa shape index (κ3) is 4.14. The average Bonchev–Trinajstić information content (AvgIpc) is 3.11. The minimum Gasteiger partial charge on any atom is -0.383 e. The minimum absolute atomic E-state index is 0.0555. The van der Waals surface area contributed by atoms with Crippen LogP contribution < -0.4 is 0 Å². The summed E-state index contributed by atoms with van der Waals surface area (Å²) in [5, 5.41) is 8.99. The molecule has 7 heteroatoms. The van der Waals surface area contributed by atoms with Crippen molar-refractivity contribution in [3.05, 3.63) is 53.2 Å². The molecule has 3 rings (SSSR count). The summed E-state index contributed by atoms with van der Waals surface area (Å²) in [6, 6.07) is 7.96. The molecule has 0 fully saturated rings. The normalized spacial score (nSPS) is 11.1. The zero-order chi connectivity index (χ0) is 19.4. The molecule has 0 aliphatic rings. The Hall–Kier alpha value is -2.80. The van der Waals surface area contributed by atoms with Crippen LogP contribution in [0.25, 0.3) is 10.9 Å². The van der Waals surface area contributed by atoms with Crippen molar-refractivity contribution in [1.82, 2.24) is 24.6 Å². The van der Waals surface area contributed by atoms with Gasteiger partial charge in [-0.1, -0.05) is 13.0 Å².